The van der Waals surface area contributed by atoms with Crippen molar-refractivity contribution in [1.82, 2.24) is 0 Å². The predicted octanol–water partition coefficient (Wildman–Crippen LogP) is -3.14. The number of aliphatic hydroxyl groups excluding tert-OH is 2. The third kappa shape index (κ3) is 7.53. The summed E-state index contributed by atoms with van der Waals surface area (Å²) in [4.78, 5) is 44.1. The fraction of sp³-hybridized carbons (Fsp3) is 0.833. The number of phosphoric acid groups is 2. The molecule has 0 saturated carbocycles. The highest BCUT2D eigenvalue weighted by atomic mass is 31.2. The van der Waals surface area contributed by atoms with Gasteiger partial charge in [-0.25, -0.2) is 9.13 Å². The molecule has 0 fully saturated rings. The van der Waals surface area contributed by atoms with E-state index in [0.29, 0.717) is 0 Å². The van der Waals surface area contributed by atoms with E-state index >= 15 is 0 Å². The van der Waals surface area contributed by atoms with E-state index in [1.165, 1.54) is 0 Å². The van der Waals surface area contributed by atoms with Crippen LogP contribution >= 0.6 is 15.6 Å². The van der Waals surface area contributed by atoms with Crippen LogP contribution < -0.4 is 0 Å². The van der Waals surface area contributed by atoms with Gasteiger partial charge in [0.15, 0.2) is 11.9 Å². The van der Waals surface area contributed by atoms with Crippen molar-refractivity contribution in [3.05, 3.63) is 0 Å². The van der Waals surface area contributed by atoms with E-state index in [1.807, 2.05) is 0 Å². The molecule has 12 nitrogen and oxygen atoms in total. The van der Waals surface area contributed by atoms with Gasteiger partial charge >= 0.3 is 15.6 Å². The molecule has 0 saturated heterocycles. The molecule has 0 amide bonds. The molecule has 0 aromatic heterocycles. The number of hydrogen-bond donors (Lipinski definition) is 7. The third-order valence-electron chi connectivity index (χ3n) is 1.96. The van der Waals surface area contributed by atoms with Crippen molar-refractivity contribution in [2.75, 3.05) is 13.2 Å². The molecule has 0 aromatic rings. The molecule has 0 bridgehead atoms. The predicted molar refractivity (Wildman–Crippen MR) is 59.0 cm³/mol. The molecule has 20 heavy (non-hydrogen) atoms. The van der Waals surface area contributed by atoms with Crippen molar-refractivity contribution in [3.8, 4) is 0 Å². The summed E-state index contributed by atoms with van der Waals surface area (Å²) in [5, 5.41) is 28.3. The molecule has 14 heteroatoms. The first-order valence-corrected chi connectivity index (χ1v) is 7.82. The Morgan fingerprint density at radius 1 is 1.05 bits per heavy atom. The fourth-order valence-electron chi connectivity index (χ4n) is 0.974. The largest absolute Gasteiger partial charge is 0.469 e. The molecule has 0 unspecified atom stereocenters. The van der Waals surface area contributed by atoms with Crippen LogP contribution in [0.25, 0.3) is 0 Å². The maximum atomic E-state index is 10.6. The summed E-state index contributed by atoms with van der Waals surface area (Å²) in [6, 6.07) is 0. The van der Waals surface area contributed by atoms with Crippen LogP contribution in [0.1, 0.15) is 0 Å². The third-order valence-corrected chi connectivity index (χ3v) is 2.91. The highest BCUT2D eigenvalue weighted by Crippen LogP contribution is 2.38. The highest BCUT2D eigenvalue weighted by Gasteiger charge is 2.42. The standard InChI is InChI=1S/C6H14O12P2/c7-2-6(10,3-18-20(14,15)16)5(9)4(8)1-17-19(11,12)13/h2,4-5,8-10H,1,3H2,(H2,11,12,13)(H2,14,15,16)/t4-,5-,6-/m1/s1. The fourth-order valence-corrected chi connectivity index (χ4v) is 1.70. The smallest absolute Gasteiger partial charge is 0.388 e. The summed E-state index contributed by atoms with van der Waals surface area (Å²) in [6.45, 7) is -2.52. The second-order valence-electron chi connectivity index (χ2n) is 3.67. The van der Waals surface area contributed by atoms with Gasteiger partial charge in [0.25, 0.3) is 0 Å². The Hall–Kier alpha value is -0.230. The molecule has 0 heterocycles. The summed E-state index contributed by atoms with van der Waals surface area (Å²) < 4.78 is 28.4. The summed E-state index contributed by atoms with van der Waals surface area (Å²) in [5.41, 5.74) is -2.92. The number of aliphatic hydroxyl groups is 3. The monoisotopic (exact) mass is 340 g/mol. The van der Waals surface area contributed by atoms with Crippen LogP contribution in [0.4, 0.5) is 0 Å². The molecule has 0 rings (SSSR count). The van der Waals surface area contributed by atoms with Gasteiger partial charge in [-0.3, -0.25) is 13.8 Å². The number of carbonyl (C=O) groups is 1. The SMILES string of the molecule is O=C[C@@](O)(COP(=O)(O)O)[C@H](O)[C@H](O)COP(=O)(O)O. The lowest BCUT2D eigenvalue weighted by molar-refractivity contribution is -0.160. The molecular formula is C6H14O12P2. The lowest BCUT2D eigenvalue weighted by Gasteiger charge is -2.30. The molecule has 0 aliphatic rings. The molecular weight excluding hydrogens is 326 g/mol. The van der Waals surface area contributed by atoms with Gasteiger partial charge in [0.1, 0.15) is 12.2 Å². The van der Waals surface area contributed by atoms with E-state index in [0.717, 1.165) is 0 Å². The Balaban J connectivity index is 4.73. The maximum absolute atomic E-state index is 10.6. The minimum Gasteiger partial charge on any atom is -0.388 e. The second-order valence-corrected chi connectivity index (χ2v) is 6.15. The molecule has 0 aliphatic heterocycles. The van der Waals surface area contributed by atoms with Crippen LogP contribution in [0, 0.1) is 0 Å². The van der Waals surface area contributed by atoms with Crippen LogP contribution in [-0.2, 0) is 23.0 Å². The van der Waals surface area contributed by atoms with Gasteiger partial charge in [-0.2, -0.15) is 0 Å². The quantitative estimate of drug-likeness (QED) is 0.164. The van der Waals surface area contributed by atoms with Gasteiger partial charge in [-0.05, 0) is 0 Å². The van der Waals surface area contributed by atoms with E-state index in [9.17, 15) is 29.2 Å². The molecule has 0 radical (unpaired) electrons. The first-order chi connectivity index (χ1) is 8.81. The van der Waals surface area contributed by atoms with Crippen LogP contribution in [0.15, 0.2) is 0 Å². The average molecular weight is 340 g/mol. The molecule has 3 atom stereocenters. The van der Waals surface area contributed by atoms with Gasteiger partial charge in [0.05, 0.1) is 13.2 Å². The van der Waals surface area contributed by atoms with E-state index in [1.54, 1.807) is 0 Å². The molecule has 0 aromatic carbocycles. The van der Waals surface area contributed by atoms with Crippen LogP contribution in [0.2, 0.25) is 0 Å². The zero-order valence-corrected chi connectivity index (χ0v) is 11.5. The topological polar surface area (TPSA) is 211 Å². The van der Waals surface area contributed by atoms with Crippen molar-refractivity contribution in [2.24, 2.45) is 0 Å². The molecule has 7 N–H and O–H groups in total. The first-order valence-electron chi connectivity index (χ1n) is 4.76. The minimum atomic E-state index is -5.05. The van der Waals surface area contributed by atoms with Gasteiger partial charge in [-0.1, -0.05) is 0 Å². The van der Waals surface area contributed by atoms with Crippen molar-refractivity contribution in [2.45, 2.75) is 17.8 Å². The number of phosphoric ester groups is 2. The number of aldehydes is 1. The highest BCUT2D eigenvalue weighted by molar-refractivity contribution is 7.46. The van der Waals surface area contributed by atoms with E-state index in [4.69, 9.17) is 19.6 Å². The average Bonchev–Trinajstić information content (AvgIpc) is 2.30. The molecule has 120 valence electrons. The van der Waals surface area contributed by atoms with Gasteiger partial charge in [0.2, 0.25) is 0 Å². The lowest BCUT2D eigenvalue weighted by atomic mass is 9.95. The number of rotatable bonds is 9. The van der Waals surface area contributed by atoms with Gasteiger partial charge in [-0.15, -0.1) is 0 Å². The van der Waals surface area contributed by atoms with E-state index < -0.39 is 46.7 Å². The Bertz CT molecular complexity index is 412. The Morgan fingerprint density at radius 3 is 1.85 bits per heavy atom. The minimum absolute atomic E-state index is 0.353. The van der Waals surface area contributed by atoms with E-state index in [2.05, 4.69) is 9.05 Å². The van der Waals surface area contributed by atoms with Crippen LogP contribution in [0.5, 0.6) is 0 Å². The Kier molecular flexibility index (Phi) is 7.08. The molecule has 0 aliphatic carbocycles. The summed E-state index contributed by atoms with van der Waals surface area (Å²) in [6.07, 6.45) is -4.87. The van der Waals surface area contributed by atoms with Crippen molar-refractivity contribution in [3.63, 3.8) is 0 Å². The van der Waals surface area contributed by atoms with Crippen LogP contribution in [0.3, 0.4) is 0 Å². The Morgan fingerprint density at radius 2 is 1.50 bits per heavy atom. The van der Waals surface area contributed by atoms with Crippen LogP contribution in [-0.4, -0.2) is 72.2 Å². The van der Waals surface area contributed by atoms with Crippen molar-refractivity contribution < 1.29 is 57.9 Å². The lowest BCUT2D eigenvalue weighted by Crippen LogP contribution is -2.54. The summed E-state index contributed by atoms with van der Waals surface area (Å²) >= 11 is 0. The zero-order valence-electron chi connectivity index (χ0n) is 9.71. The Labute approximate surface area is 112 Å². The number of carbonyl (C=O) groups excluding carboxylic acids is 1. The second kappa shape index (κ2) is 7.16. The first kappa shape index (κ1) is 19.8. The number of hydrogen-bond acceptors (Lipinski definition) is 8. The molecule has 0 spiro atoms. The van der Waals surface area contributed by atoms with Gasteiger partial charge < -0.3 is 34.9 Å². The normalized spacial score (nSPS) is 19.1. The summed E-state index contributed by atoms with van der Waals surface area (Å²) in [7, 11) is -10.0. The van der Waals surface area contributed by atoms with Crippen molar-refractivity contribution in [1.29, 1.82) is 0 Å². The van der Waals surface area contributed by atoms with Crippen molar-refractivity contribution >= 4 is 21.9 Å². The maximum Gasteiger partial charge on any atom is 0.469 e. The zero-order chi connectivity index (χ0) is 16.2. The summed E-state index contributed by atoms with van der Waals surface area (Å²) in [5.74, 6) is 0. The van der Waals surface area contributed by atoms with Gasteiger partial charge in [0, 0.05) is 0 Å². The van der Waals surface area contributed by atoms with E-state index in [-0.39, 0.29) is 6.29 Å².